The molecule has 6 nitrogen and oxygen atoms in total. The summed E-state index contributed by atoms with van der Waals surface area (Å²) in [7, 11) is 0. The number of furan rings is 1. The maximum atomic E-state index is 13.5. The van der Waals surface area contributed by atoms with Crippen molar-refractivity contribution in [1.82, 2.24) is 4.98 Å². The van der Waals surface area contributed by atoms with E-state index in [1.54, 1.807) is 54.9 Å². The largest absolute Gasteiger partial charge is 0.503 e. The van der Waals surface area contributed by atoms with Crippen LogP contribution >= 0.6 is 15.9 Å². The first-order valence-electron chi connectivity index (χ1n) is 9.50. The maximum absolute atomic E-state index is 13.5. The van der Waals surface area contributed by atoms with Crippen molar-refractivity contribution < 1.29 is 19.1 Å². The quantitative estimate of drug-likeness (QED) is 0.401. The summed E-state index contributed by atoms with van der Waals surface area (Å²) in [5.41, 5.74) is 1.64. The number of pyridine rings is 1. The third kappa shape index (κ3) is 3.23. The molecule has 7 heteroatoms. The summed E-state index contributed by atoms with van der Waals surface area (Å²) in [6, 6.07) is 18.6. The number of hydrogen-bond acceptors (Lipinski definition) is 5. The molecule has 1 amide bonds. The Morgan fingerprint density at radius 1 is 1.06 bits per heavy atom. The molecule has 152 valence electrons. The van der Waals surface area contributed by atoms with E-state index in [9.17, 15) is 14.7 Å². The number of ketones is 1. The van der Waals surface area contributed by atoms with Crippen molar-refractivity contribution >= 4 is 44.3 Å². The Balaban J connectivity index is 1.67. The number of aliphatic hydroxyl groups is 1. The summed E-state index contributed by atoms with van der Waals surface area (Å²) >= 11 is 3.41. The molecule has 4 aromatic rings. The second-order valence-corrected chi connectivity index (χ2v) is 8.00. The van der Waals surface area contributed by atoms with Crippen LogP contribution in [0.3, 0.4) is 0 Å². The van der Waals surface area contributed by atoms with Crippen molar-refractivity contribution in [2.75, 3.05) is 4.90 Å². The number of rotatable bonds is 4. The highest BCUT2D eigenvalue weighted by atomic mass is 79.9. The molecule has 1 atom stereocenters. The predicted molar refractivity (Wildman–Crippen MR) is 119 cm³/mol. The van der Waals surface area contributed by atoms with Gasteiger partial charge in [-0.15, -0.1) is 0 Å². The Kier molecular flexibility index (Phi) is 4.67. The highest BCUT2D eigenvalue weighted by molar-refractivity contribution is 9.10. The molecule has 0 saturated carbocycles. The van der Waals surface area contributed by atoms with Crippen molar-refractivity contribution in [3.05, 3.63) is 106 Å². The summed E-state index contributed by atoms with van der Waals surface area (Å²) < 4.78 is 6.49. The van der Waals surface area contributed by atoms with E-state index in [0.717, 1.165) is 9.86 Å². The van der Waals surface area contributed by atoms with Gasteiger partial charge in [-0.1, -0.05) is 46.3 Å². The zero-order valence-electron chi connectivity index (χ0n) is 16.0. The molecule has 5 rings (SSSR count). The summed E-state index contributed by atoms with van der Waals surface area (Å²) in [6.07, 6.45) is 3.18. The van der Waals surface area contributed by atoms with Gasteiger partial charge in [0.25, 0.3) is 5.91 Å². The van der Waals surface area contributed by atoms with Gasteiger partial charge < -0.3 is 9.52 Å². The van der Waals surface area contributed by atoms with Crippen LogP contribution in [0.15, 0.2) is 99.3 Å². The number of carbonyl (C=O) groups excluding carboxylic acids is 2. The van der Waals surface area contributed by atoms with Crippen molar-refractivity contribution in [2.45, 2.75) is 6.04 Å². The van der Waals surface area contributed by atoms with Crippen LogP contribution < -0.4 is 4.90 Å². The molecule has 0 fully saturated rings. The number of para-hydroxylation sites is 1. The number of fused-ring (bicyclic) bond motifs is 1. The van der Waals surface area contributed by atoms with Crippen LogP contribution in [0.25, 0.3) is 11.0 Å². The minimum Gasteiger partial charge on any atom is -0.503 e. The van der Waals surface area contributed by atoms with Crippen LogP contribution in [0, 0.1) is 0 Å². The van der Waals surface area contributed by atoms with Crippen molar-refractivity contribution in [3.63, 3.8) is 0 Å². The molecule has 2 aromatic heterocycles. The van der Waals surface area contributed by atoms with Crippen molar-refractivity contribution in [2.24, 2.45) is 0 Å². The molecule has 1 aliphatic heterocycles. The summed E-state index contributed by atoms with van der Waals surface area (Å²) in [4.78, 5) is 32.1. The fourth-order valence-corrected chi connectivity index (χ4v) is 4.20. The first-order chi connectivity index (χ1) is 15.0. The van der Waals surface area contributed by atoms with Gasteiger partial charge in [0, 0.05) is 27.9 Å². The predicted octanol–water partition coefficient (Wildman–Crippen LogP) is 5.37. The van der Waals surface area contributed by atoms with E-state index >= 15 is 0 Å². The minimum atomic E-state index is -0.851. The number of Topliss-reactive ketones (excluding diaryl/α,β-unsaturated/α-hetero) is 1. The van der Waals surface area contributed by atoms with E-state index in [0.29, 0.717) is 16.8 Å². The van der Waals surface area contributed by atoms with Crippen molar-refractivity contribution in [1.29, 1.82) is 0 Å². The van der Waals surface area contributed by atoms with E-state index in [2.05, 4.69) is 20.9 Å². The molecule has 31 heavy (non-hydrogen) atoms. The molecule has 0 aliphatic carbocycles. The molecule has 1 N–H and O–H groups in total. The third-order valence-electron chi connectivity index (χ3n) is 5.19. The first kappa shape index (κ1) is 19.3. The highest BCUT2D eigenvalue weighted by Crippen LogP contribution is 2.42. The average molecular weight is 475 g/mol. The fraction of sp³-hybridized carbons (Fsp3) is 0.0417. The molecule has 3 heterocycles. The van der Waals surface area contributed by atoms with Gasteiger partial charge in [0.1, 0.15) is 5.58 Å². The van der Waals surface area contributed by atoms with Gasteiger partial charge in [0.2, 0.25) is 5.78 Å². The summed E-state index contributed by atoms with van der Waals surface area (Å²) in [5, 5.41) is 11.6. The second kappa shape index (κ2) is 7.52. The van der Waals surface area contributed by atoms with Crippen LogP contribution in [-0.2, 0) is 4.79 Å². The fourth-order valence-electron chi connectivity index (χ4n) is 3.81. The molecule has 0 saturated heterocycles. The van der Waals surface area contributed by atoms with E-state index in [4.69, 9.17) is 4.42 Å². The number of nitrogens with zero attached hydrogens (tertiary/aromatic N) is 2. The van der Waals surface area contributed by atoms with E-state index in [1.807, 2.05) is 24.3 Å². The Labute approximate surface area is 185 Å². The van der Waals surface area contributed by atoms with Gasteiger partial charge in [-0.3, -0.25) is 19.5 Å². The minimum absolute atomic E-state index is 0.0444. The van der Waals surface area contributed by atoms with Crippen molar-refractivity contribution in [3.8, 4) is 0 Å². The molecule has 1 aliphatic rings. The summed E-state index contributed by atoms with van der Waals surface area (Å²) in [5.74, 6) is -1.75. The molecule has 0 spiro atoms. The van der Waals surface area contributed by atoms with Crippen LogP contribution in [0.2, 0.25) is 0 Å². The Hall–Kier alpha value is -3.71. The van der Waals surface area contributed by atoms with Crippen LogP contribution in [0.4, 0.5) is 5.69 Å². The Bertz CT molecular complexity index is 1330. The standard InChI is InChI=1S/C24H15BrN2O4/c25-16-7-3-8-17(12-16)27-21(15-6-4-10-26-13-15)20(23(29)24(27)30)22(28)19-11-14-5-1-2-9-18(14)31-19/h1-13,21,29H. The number of halogens is 1. The monoisotopic (exact) mass is 474 g/mol. The zero-order valence-corrected chi connectivity index (χ0v) is 17.6. The maximum Gasteiger partial charge on any atom is 0.294 e. The summed E-state index contributed by atoms with van der Waals surface area (Å²) in [6.45, 7) is 0. The molecule has 0 radical (unpaired) electrons. The molecule has 0 bridgehead atoms. The molecular formula is C24H15BrN2O4. The van der Waals surface area contributed by atoms with Gasteiger partial charge in [-0.2, -0.15) is 0 Å². The van der Waals surface area contributed by atoms with Crippen LogP contribution in [0.1, 0.15) is 22.2 Å². The average Bonchev–Trinajstić information content (AvgIpc) is 3.33. The Morgan fingerprint density at radius 3 is 2.65 bits per heavy atom. The first-order valence-corrected chi connectivity index (χ1v) is 10.3. The Morgan fingerprint density at radius 2 is 1.90 bits per heavy atom. The molecule has 1 unspecified atom stereocenters. The molecule has 2 aromatic carbocycles. The highest BCUT2D eigenvalue weighted by Gasteiger charge is 2.45. The third-order valence-corrected chi connectivity index (χ3v) is 5.68. The second-order valence-electron chi connectivity index (χ2n) is 7.08. The number of amides is 1. The topological polar surface area (TPSA) is 83.6 Å². The number of hydrogen-bond donors (Lipinski definition) is 1. The zero-order chi connectivity index (χ0) is 21.5. The van der Waals surface area contributed by atoms with Gasteiger partial charge in [0.05, 0.1) is 11.6 Å². The lowest BCUT2D eigenvalue weighted by atomic mass is 9.96. The van der Waals surface area contributed by atoms with Crippen LogP contribution in [0.5, 0.6) is 0 Å². The SMILES string of the molecule is O=C(C1=C(O)C(=O)N(c2cccc(Br)c2)C1c1cccnc1)c1cc2ccccc2o1. The normalized spacial score (nSPS) is 16.4. The van der Waals surface area contributed by atoms with Gasteiger partial charge >= 0.3 is 0 Å². The van der Waals surface area contributed by atoms with Gasteiger partial charge in [0.15, 0.2) is 11.5 Å². The van der Waals surface area contributed by atoms with E-state index < -0.39 is 23.5 Å². The smallest absolute Gasteiger partial charge is 0.294 e. The van der Waals surface area contributed by atoms with Gasteiger partial charge in [-0.25, -0.2) is 0 Å². The number of aliphatic hydroxyl groups excluding tert-OH is 1. The van der Waals surface area contributed by atoms with E-state index in [1.165, 1.54) is 4.90 Å². The lowest BCUT2D eigenvalue weighted by molar-refractivity contribution is -0.117. The van der Waals surface area contributed by atoms with Gasteiger partial charge in [-0.05, 0) is 42.0 Å². The number of anilines is 1. The number of aromatic nitrogens is 1. The number of benzene rings is 2. The lowest BCUT2D eigenvalue weighted by Crippen LogP contribution is -2.31. The number of carbonyl (C=O) groups is 2. The molecular weight excluding hydrogens is 460 g/mol. The van der Waals surface area contributed by atoms with Crippen LogP contribution in [-0.4, -0.2) is 21.8 Å². The van der Waals surface area contributed by atoms with E-state index in [-0.39, 0.29) is 11.3 Å². The lowest BCUT2D eigenvalue weighted by Gasteiger charge is -2.26.